The fourth-order valence-electron chi connectivity index (χ4n) is 2.98. The molecule has 1 aromatic heterocycles. The fraction of sp³-hybridized carbons (Fsp3) is 0.0909. The van der Waals surface area contributed by atoms with Crippen LogP contribution in [0.25, 0.3) is 11.1 Å². The SMILES string of the molecule is CC(C(=O)Nc1ccccc1Sc1ccccc1)n1c(=O)oc2ccccc21. The first-order valence-corrected chi connectivity index (χ1v) is 9.68. The minimum atomic E-state index is -0.717. The molecule has 1 atom stereocenters. The molecule has 0 saturated heterocycles. The highest BCUT2D eigenvalue weighted by Crippen LogP contribution is 2.33. The van der Waals surface area contributed by atoms with Gasteiger partial charge < -0.3 is 9.73 Å². The van der Waals surface area contributed by atoms with Gasteiger partial charge in [0.25, 0.3) is 0 Å². The van der Waals surface area contributed by atoms with E-state index in [0.29, 0.717) is 16.8 Å². The summed E-state index contributed by atoms with van der Waals surface area (Å²) in [5.74, 6) is -0.828. The molecule has 0 aliphatic carbocycles. The van der Waals surface area contributed by atoms with Gasteiger partial charge in [0.2, 0.25) is 5.91 Å². The van der Waals surface area contributed by atoms with Crippen LogP contribution in [0.4, 0.5) is 5.69 Å². The molecule has 1 unspecified atom stereocenters. The zero-order valence-corrected chi connectivity index (χ0v) is 16.0. The second kappa shape index (κ2) is 7.78. The van der Waals surface area contributed by atoms with Crippen molar-refractivity contribution in [3.63, 3.8) is 0 Å². The summed E-state index contributed by atoms with van der Waals surface area (Å²) in [4.78, 5) is 27.2. The molecule has 0 saturated carbocycles. The van der Waals surface area contributed by atoms with Gasteiger partial charge in [0.05, 0.1) is 11.2 Å². The molecular weight excluding hydrogens is 372 g/mol. The summed E-state index contributed by atoms with van der Waals surface area (Å²) in [6, 6.07) is 23.9. The smallest absolute Gasteiger partial charge is 0.408 e. The molecule has 1 heterocycles. The maximum Gasteiger partial charge on any atom is 0.420 e. The largest absolute Gasteiger partial charge is 0.420 e. The fourth-order valence-corrected chi connectivity index (χ4v) is 3.90. The zero-order valence-electron chi connectivity index (χ0n) is 15.2. The maximum atomic E-state index is 12.9. The third kappa shape index (κ3) is 3.59. The van der Waals surface area contributed by atoms with Gasteiger partial charge in [0, 0.05) is 9.79 Å². The highest BCUT2D eigenvalue weighted by Gasteiger charge is 2.22. The summed E-state index contributed by atoms with van der Waals surface area (Å²) in [5, 5.41) is 2.95. The number of para-hydroxylation sites is 3. The molecule has 4 rings (SSSR count). The van der Waals surface area contributed by atoms with Crippen LogP contribution in [0.5, 0.6) is 0 Å². The van der Waals surface area contributed by atoms with E-state index in [4.69, 9.17) is 4.42 Å². The Kier molecular flexibility index (Phi) is 5.04. The molecule has 28 heavy (non-hydrogen) atoms. The van der Waals surface area contributed by atoms with Crippen molar-refractivity contribution in [1.82, 2.24) is 4.57 Å². The van der Waals surface area contributed by atoms with Gasteiger partial charge in [-0.2, -0.15) is 0 Å². The molecule has 0 radical (unpaired) electrons. The predicted molar refractivity (Wildman–Crippen MR) is 111 cm³/mol. The minimum absolute atomic E-state index is 0.283. The van der Waals surface area contributed by atoms with Crippen LogP contribution >= 0.6 is 11.8 Å². The molecule has 0 fully saturated rings. The van der Waals surface area contributed by atoms with Crippen LogP contribution in [0.3, 0.4) is 0 Å². The van der Waals surface area contributed by atoms with E-state index >= 15 is 0 Å². The average molecular weight is 390 g/mol. The van der Waals surface area contributed by atoms with E-state index in [1.165, 1.54) is 4.57 Å². The van der Waals surface area contributed by atoms with Gasteiger partial charge in [-0.25, -0.2) is 4.79 Å². The van der Waals surface area contributed by atoms with Crippen molar-refractivity contribution in [2.24, 2.45) is 0 Å². The highest BCUT2D eigenvalue weighted by atomic mass is 32.2. The summed E-state index contributed by atoms with van der Waals surface area (Å²) >= 11 is 1.57. The first-order valence-electron chi connectivity index (χ1n) is 8.86. The van der Waals surface area contributed by atoms with Crippen LogP contribution in [0.15, 0.2) is 97.9 Å². The molecule has 0 bridgehead atoms. The number of rotatable bonds is 5. The van der Waals surface area contributed by atoms with Crippen LogP contribution in [0.2, 0.25) is 0 Å². The summed E-state index contributed by atoms with van der Waals surface area (Å²) in [6.45, 7) is 1.69. The molecular formula is C22H18N2O3S. The number of nitrogens with zero attached hydrogens (tertiary/aromatic N) is 1. The van der Waals surface area contributed by atoms with Gasteiger partial charge in [-0.1, -0.05) is 54.2 Å². The average Bonchev–Trinajstić information content (AvgIpc) is 3.05. The van der Waals surface area contributed by atoms with E-state index in [1.807, 2.05) is 60.7 Å². The molecule has 3 aromatic carbocycles. The van der Waals surface area contributed by atoms with Gasteiger partial charge >= 0.3 is 5.76 Å². The number of hydrogen-bond donors (Lipinski definition) is 1. The van der Waals surface area contributed by atoms with E-state index in [9.17, 15) is 9.59 Å². The van der Waals surface area contributed by atoms with E-state index in [0.717, 1.165) is 9.79 Å². The van der Waals surface area contributed by atoms with Gasteiger partial charge in [-0.3, -0.25) is 9.36 Å². The van der Waals surface area contributed by atoms with Crippen molar-refractivity contribution in [2.45, 2.75) is 22.8 Å². The molecule has 0 aliphatic heterocycles. The van der Waals surface area contributed by atoms with Crippen molar-refractivity contribution < 1.29 is 9.21 Å². The number of hydrogen-bond acceptors (Lipinski definition) is 4. The topological polar surface area (TPSA) is 64.2 Å². The number of benzene rings is 3. The molecule has 0 aliphatic rings. The number of carbonyl (C=O) groups excluding carboxylic acids is 1. The number of aromatic nitrogens is 1. The number of oxazole rings is 1. The van der Waals surface area contributed by atoms with Gasteiger partial charge in [-0.15, -0.1) is 0 Å². The Balaban J connectivity index is 1.60. The molecule has 6 heteroatoms. The van der Waals surface area contributed by atoms with Crippen LogP contribution < -0.4 is 11.1 Å². The molecule has 0 spiro atoms. The van der Waals surface area contributed by atoms with Crippen LogP contribution in [0, 0.1) is 0 Å². The lowest BCUT2D eigenvalue weighted by atomic mass is 10.2. The van der Waals surface area contributed by atoms with E-state index in [-0.39, 0.29) is 5.91 Å². The van der Waals surface area contributed by atoms with Gasteiger partial charge in [-0.05, 0) is 43.3 Å². The number of anilines is 1. The standard InChI is InChI=1S/C22H18N2O3S/c1-15(24-18-12-6-7-13-19(18)27-22(24)26)21(25)23-17-11-5-8-14-20(17)28-16-9-3-2-4-10-16/h2-15H,1H3,(H,23,25). The number of fused-ring (bicyclic) bond motifs is 1. The van der Waals surface area contributed by atoms with Crippen LogP contribution in [0.1, 0.15) is 13.0 Å². The van der Waals surface area contributed by atoms with E-state index in [2.05, 4.69) is 5.32 Å². The van der Waals surface area contributed by atoms with Crippen molar-refractivity contribution in [3.8, 4) is 0 Å². The Bertz CT molecular complexity index is 1180. The number of amides is 1. The van der Waals surface area contributed by atoms with Gasteiger partial charge in [0.15, 0.2) is 5.58 Å². The lowest BCUT2D eigenvalue weighted by Crippen LogP contribution is -2.29. The Labute approximate surface area is 166 Å². The number of carbonyl (C=O) groups is 1. The van der Waals surface area contributed by atoms with E-state index < -0.39 is 11.8 Å². The second-order valence-electron chi connectivity index (χ2n) is 6.28. The van der Waals surface area contributed by atoms with Crippen molar-refractivity contribution in [2.75, 3.05) is 5.32 Å². The third-order valence-corrected chi connectivity index (χ3v) is 5.49. The highest BCUT2D eigenvalue weighted by molar-refractivity contribution is 7.99. The Morgan fingerprint density at radius 3 is 2.46 bits per heavy atom. The minimum Gasteiger partial charge on any atom is -0.408 e. The molecule has 1 amide bonds. The van der Waals surface area contributed by atoms with Crippen molar-refractivity contribution >= 4 is 34.5 Å². The number of nitrogens with one attached hydrogen (secondary N) is 1. The quantitative estimate of drug-likeness (QED) is 0.524. The van der Waals surface area contributed by atoms with Crippen molar-refractivity contribution in [1.29, 1.82) is 0 Å². The predicted octanol–water partition coefficient (Wildman–Crippen LogP) is 4.95. The lowest BCUT2D eigenvalue weighted by molar-refractivity contribution is -0.118. The Morgan fingerprint density at radius 2 is 1.64 bits per heavy atom. The van der Waals surface area contributed by atoms with E-state index in [1.54, 1.807) is 36.9 Å². The molecule has 4 aromatic rings. The molecule has 5 nitrogen and oxygen atoms in total. The van der Waals surface area contributed by atoms with Crippen LogP contribution in [-0.4, -0.2) is 10.5 Å². The summed E-state index contributed by atoms with van der Waals surface area (Å²) < 4.78 is 6.62. The Hall–Kier alpha value is -3.25. The summed E-state index contributed by atoms with van der Waals surface area (Å²) in [5.41, 5.74) is 1.77. The first-order chi connectivity index (χ1) is 13.6. The summed E-state index contributed by atoms with van der Waals surface area (Å²) in [6.07, 6.45) is 0. The van der Waals surface area contributed by atoms with Crippen LogP contribution in [-0.2, 0) is 4.79 Å². The third-order valence-electron chi connectivity index (χ3n) is 4.40. The molecule has 140 valence electrons. The molecule has 1 N–H and O–H groups in total. The zero-order chi connectivity index (χ0) is 19.5. The second-order valence-corrected chi connectivity index (χ2v) is 7.40. The monoisotopic (exact) mass is 390 g/mol. The Morgan fingerprint density at radius 1 is 0.964 bits per heavy atom. The lowest BCUT2D eigenvalue weighted by Gasteiger charge is -2.15. The normalized spacial score (nSPS) is 12.0. The maximum absolute atomic E-state index is 12.9. The van der Waals surface area contributed by atoms with Crippen molar-refractivity contribution in [3.05, 3.63) is 89.4 Å². The first kappa shape index (κ1) is 18.1. The summed E-state index contributed by atoms with van der Waals surface area (Å²) in [7, 11) is 0. The van der Waals surface area contributed by atoms with Gasteiger partial charge in [0.1, 0.15) is 6.04 Å².